The van der Waals surface area contributed by atoms with E-state index in [2.05, 4.69) is 47.3 Å². The van der Waals surface area contributed by atoms with Crippen LogP contribution in [0, 0.1) is 13.8 Å². The Morgan fingerprint density at radius 2 is 2.09 bits per heavy atom. The maximum atomic E-state index is 5.98. The van der Waals surface area contributed by atoms with Crippen LogP contribution in [0.4, 0.5) is 5.82 Å². The molecule has 3 rings (SSSR count). The molecule has 0 amide bonds. The molecule has 0 atom stereocenters. The van der Waals surface area contributed by atoms with Crippen molar-refractivity contribution in [1.29, 1.82) is 0 Å². The van der Waals surface area contributed by atoms with Gasteiger partial charge in [0.15, 0.2) is 5.96 Å². The fourth-order valence-electron chi connectivity index (χ4n) is 2.92. The number of rotatable bonds is 4. The molecule has 0 saturated heterocycles. The van der Waals surface area contributed by atoms with Crippen LogP contribution in [0.25, 0.3) is 0 Å². The van der Waals surface area contributed by atoms with Crippen LogP contribution in [0.2, 0.25) is 0 Å². The van der Waals surface area contributed by atoms with Crippen molar-refractivity contribution in [2.24, 2.45) is 10.7 Å². The normalized spacial score (nSPS) is 16.4. The maximum absolute atomic E-state index is 5.98. The van der Waals surface area contributed by atoms with Gasteiger partial charge in [-0.3, -0.25) is 4.99 Å². The van der Waals surface area contributed by atoms with Gasteiger partial charge < -0.3 is 11.1 Å². The maximum Gasteiger partial charge on any atom is 0.194 e. The van der Waals surface area contributed by atoms with Crippen LogP contribution in [0.1, 0.15) is 29.5 Å². The second-order valence-corrected chi connectivity index (χ2v) is 6.14. The lowest BCUT2D eigenvalue weighted by molar-refractivity contribution is 0.699. The summed E-state index contributed by atoms with van der Waals surface area (Å²) < 4.78 is 0. The second kappa shape index (κ2) is 5.79. The van der Waals surface area contributed by atoms with E-state index in [1.54, 1.807) is 6.20 Å². The molecule has 0 radical (unpaired) electrons. The monoisotopic (exact) mass is 294 g/mol. The Morgan fingerprint density at radius 1 is 1.27 bits per heavy atom. The van der Waals surface area contributed by atoms with Gasteiger partial charge in [0, 0.05) is 11.6 Å². The summed E-state index contributed by atoms with van der Waals surface area (Å²) in [6.07, 6.45) is 4.09. The lowest BCUT2D eigenvalue weighted by Gasteiger charge is -2.17. The molecule has 1 aromatic carbocycles. The molecule has 1 aromatic heterocycles. The van der Waals surface area contributed by atoms with Gasteiger partial charge in [-0.2, -0.15) is 0 Å². The van der Waals surface area contributed by atoms with E-state index in [9.17, 15) is 0 Å². The molecule has 1 fully saturated rings. The molecule has 0 bridgehead atoms. The highest BCUT2D eigenvalue weighted by Crippen LogP contribution is 2.49. The zero-order valence-corrected chi connectivity index (χ0v) is 13.1. The smallest absolute Gasteiger partial charge is 0.194 e. The van der Waals surface area contributed by atoms with Gasteiger partial charge in [0.1, 0.15) is 5.82 Å². The van der Waals surface area contributed by atoms with E-state index < -0.39 is 0 Å². The molecule has 0 spiro atoms. The number of guanidine groups is 1. The summed E-state index contributed by atoms with van der Waals surface area (Å²) in [4.78, 5) is 8.73. The molecular formula is C18H22N4. The average Bonchev–Trinajstić information content (AvgIpc) is 3.27. The summed E-state index contributed by atoms with van der Waals surface area (Å²) in [6.45, 7) is 5.04. The van der Waals surface area contributed by atoms with E-state index in [1.165, 1.54) is 29.5 Å². The van der Waals surface area contributed by atoms with Crippen molar-refractivity contribution >= 4 is 11.8 Å². The fraction of sp³-hybridized carbons (Fsp3) is 0.333. The van der Waals surface area contributed by atoms with Crippen LogP contribution in [0.3, 0.4) is 0 Å². The number of aromatic nitrogens is 1. The van der Waals surface area contributed by atoms with Gasteiger partial charge in [-0.15, -0.1) is 0 Å². The van der Waals surface area contributed by atoms with E-state index in [4.69, 9.17) is 5.73 Å². The zero-order valence-electron chi connectivity index (χ0n) is 13.1. The number of benzene rings is 1. The van der Waals surface area contributed by atoms with Crippen LogP contribution in [-0.2, 0) is 5.41 Å². The van der Waals surface area contributed by atoms with E-state index in [1.807, 2.05) is 18.2 Å². The Labute approximate surface area is 131 Å². The first-order chi connectivity index (χ1) is 10.6. The van der Waals surface area contributed by atoms with Crippen molar-refractivity contribution < 1.29 is 0 Å². The minimum absolute atomic E-state index is 0.175. The molecule has 1 heterocycles. The third-order valence-corrected chi connectivity index (χ3v) is 4.28. The highest BCUT2D eigenvalue weighted by Gasteiger charge is 2.44. The van der Waals surface area contributed by atoms with Crippen molar-refractivity contribution in [3.8, 4) is 0 Å². The van der Waals surface area contributed by atoms with Crippen LogP contribution >= 0.6 is 0 Å². The number of aliphatic imine (C=N–C) groups is 1. The molecule has 1 aliphatic rings. The standard InChI is InChI=1S/C18H22N4/c1-13-6-7-15(14(2)11-13)18(8-9-18)12-21-17(19)22-16-5-3-4-10-20-16/h3-7,10-11H,8-9,12H2,1-2H3,(H3,19,20,21,22). The highest BCUT2D eigenvalue weighted by atomic mass is 15.1. The van der Waals surface area contributed by atoms with Crippen LogP contribution in [-0.4, -0.2) is 17.5 Å². The van der Waals surface area contributed by atoms with E-state index >= 15 is 0 Å². The number of aryl methyl sites for hydroxylation is 2. The molecular weight excluding hydrogens is 272 g/mol. The number of nitrogens with one attached hydrogen (secondary N) is 1. The predicted molar refractivity (Wildman–Crippen MR) is 91.2 cm³/mol. The molecule has 4 heteroatoms. The summed E-state index contributed by atoms with van der Waals surface area (Å²) in [5, 5.41) is 3.03. The summed E-state index contributed by atoms with van der Waals surface area (Å²) in [7, 11) is 0. The molecule has 22 heavy (non-hydrogen) atoms. The summed E-state index contributed by atoms with van der Waals surface area (Å²) in [5.41, 5.74) is 10.2. The van der Waals surface area contributed by atoms with E-state index in [-0.39, 0.29) is 5.41 Å². The Kier molecular flexibility index (Phi) is 3.84. The first kappa shape index (κ1) is 14.6. The molecule has 2 aromatic rings. The number of hydrogen-bond acceptors (Lipinski definition) is 2. The number of nitrogens with two attached hydrogens (primary N) is 1. The van der Waals surface area contributed by atoms with Gasteiger partial charge in [-0.05, 0) is 49.9 Å². The molecule has 1 aliphatic carbocycles. The van der Waals surface area contributed by atoms with Gasteiger partial charge in [0.25, 0.3) is 0 Å². The molecule has 1 saturated carbocycles. The SMILES string of the molecule is Cc1ccc(C2(CN=C(N)Nc3ccccn3)CC2)c(C)c1. The third-order valence-electron chi connectivity index (χ3n) is 4.28. The topological polar surface area (TPSA) is 63.3 Å². The van der Waals surface area contributed by atoms with Crippen molar-refractivity contribution in [3.05, 3.63) is 59.3 Å². The van der Waals surface area contributed by atoms with Gasteiger partial charge in [0.05, 0.1) is 6.54 Å². The second-order valence-electron chi connectivity index (χ2n) is 6.14. The largest absolute Gasteiger partial charge is 0.370 e. The first-order valence-electron chi connectivity index (χ1n) is 7.65. The average molecular weight is 294 g/mol. The summed E-state index contributed by atoms with van der Waals surface area (Å²) in [5.74, 6) is 1.15. The molecule has 0 unspecified atom stereocenters. The minimum atomic E-state index is 0.175. The molecule has 0 aliphatic heterocycles. The van der Waals surface area contributed by atoms with Crippen LogP contribution < -0.4 is 11.1 Å². The minimum Gasteiger partial charge on any atom is -0.370 e. The Bertz CT molecular complexity index is 687. The van der Waals surface area contributed by atoms with Gasteiger partial charge in [-0.25, -0.2) is 4.98 Å². The number of nitrogens with zero attached hydrogens (tertiary/aromatic N) is 2. The molecule has 4 nitrogen and oxygen atoms in total. The Morgan fingerprint density at radius 3 is 2.73 bits per heavy atom. The van der Waals surface area contributed by atoms with Gasteiger partial charge >= 0.3 is 0 Å². The van der Waals surface area contributed by atoms with Crippen molar-refractivity contribution in [2.45, 2.75) is 32.1 Å². The van der Waals surface area contributed by atoms with Crippen molar-refractivity contribution in [3.63, 3.8) is 0 Å². The Balaban J connectivity index is 1.71. The molecule has 3 N–H and O–H groups in total. The predicted octanol–water partition coefficient (Wildman–Crippen LogP) is 3.16. The van der Waals surface area contributed by atoms with Crippen molar-refractivity contribution in [1.82, 2.24) is 4.98 Å². The fourth-order valence-corrected chi connectivity index (χ4v) is 2.92. The third kappa shape index (κ3) is 3.11. The first-order valence-corrected chi connectivity index (χ1v) is 7.65. The van der Waals surface area contributed by atoms with Gasteiger partial charge in [0.2, 0.25) is 0 Å². The summed E-state index contributed by atoms with van der Waals surface area (Å²) in [6, 6.07) is 12.3. The van der Waals surface area contributed by atoms with Gasteiger partial charge in [-0.1, -0.05) is 29.8 Å². The lowest BCUT2D eigenvalue weighted by atomic mass is 9.91. The van der Waals surface area contributed by atoms with E-state index in [0.717, 1.165) is 12.4 Å². The number of hydrogen-bond donors (Lipinski definition) is 2. The van der Waals surface area contributed by atoms with Crippen molar-refractivity contribution in [2.75, 3.05) is 11.9 Å². The van der Waals surface area contributed by atoms with E-state index in [0.29, 0.717) is 5.96 Å². The molecule has 114 valence electrons. The zero-order chi connectivity index (χ0) is 15.6. The van der Waals surface area contributed by atoms with Crippen LogP contribution in [0.5, 0.6) is 0 Å². The van der Waals surface area contributed by atoms with Crippen LogP contribution in [0.15, 0.2) is 47.6 Å². The quantitative estimate of drug-likeness (QED) is 0.672. The Hall–Kier alpha value is -2.36. The summed E-state index contributed by atoms with van der Waals surface area (Å²) >= 11 is 0. The lowest BCUT2D eigenvalue weighted by Crippen LogP contribution is -2.25. The number of pyridine rings is 1. The number of anilines is 1. The highest BCUT2D eigenvalue weighted by molar-refractivity contribution is 5.91.